The zero-order valence-electron chi connectivity index (χ0n) is 16.3. The lowest BCUT2D eigenvalue weighted by atomic mass is 9.88. The third-order valence-electron chi connectivity index (χ3n) is 4.78. The Hall–Kier alpha value is -3.25. The highest BCUT2D eigenvalue weighted by Gasteiger charge is 2.43. The van der Waals surface area contributed by atoms with Crippen molar-refractivity contribution in [1.29, 1.82) is 0 Å². The molecule has 0 aliphatic carbocycles. The number of ether oxygens (including phenoxy) is 2. The van der Waals surface area contributed by atoms with Gasteiger partial charge in [0.15, 0.2) is 6.61 Å². The maximum Gasteiger partial charge on any atom is 0.347 e. The maximum atomic E-state index is 15.0. The number of carbonyl (C=O) groups excluding carboxylic acids is 1. The predicted molar refractivity (Wildman–Crippen MR) is 107 cm³/mol. The van der Waals surface area contributed by atoms with E-state index in [1.54, 1.807) is 0 Å². The van der Waals surface area contributed by atoms with Gasteiger partial charge in [-0.25, -0.2) is 4.99 Å². The van der Waals surface area contributed by atoms with Gasteiger partial charge in [-0.3, -0.25) is 28.7 Å². The molecule has 0 amide bonds. The number of aromatic nitrogens is 1. The zero-order chi connectivity index (χ0) is 23.5. The number of nitrogens with two attached hydrogens (primary N) is 1. The summed E-state index contributed by atoms with van der Waals surface area (Å²) >= 11 is 5.70. The summed E-state index contributed by atoms with van der Waals surface area (Å²) < 4.78 is 51.7. The average molecular weight is 473 g/mol. The Kier molecular flexibility index (Phi) is 6.94. The third-order valence-corrected chi connectivity index (χ3v) is 5.00. The molecule has 1 aromatic heterocycles. The van der Waals surface area contributed by atoms with E-state index in [9.17, 15) is 28.1 Å². The van der Waals surface area contributed by atoms with E-state index in [-0.39, 0.29) is 5.69 Å². The number of aliphatic imine (C=N–C) groups is 1. The van der Waals surface area contributed by atoms with E-state index in [0.717, 1.165) is 12.1 Å². The molecule has 170 valence electrons. The fourth-order valence-electron chi connectivity index (χ4n) is 2.77. The monoisotopic (exact) mass is 472 g/mol. The summed E-state index contributed by atoms with van der Waals surface area (Å²) in [4.78, 5) is 30.2. The van der Waals surface area contributed by atoms with Crippen LogP contribution in [0.4, 0.5) is 18.9 Å². The van der Waals surface area contributed by atoms with Gasteiger partial charge >= 0.3 is 5.69 Å². The minimum absolute atomic E-state index is 0.00250. The number of nitro benzene ring substituents is 1. The average Bonchev–Trinajstić information content (AvgIpc) is 2.78. The van der Waals surface area contributed by atoms with Crippen molar-refractivity contribution < 1.29 is 32.4 Å². The van der Waals surface area contributed by atoms with Gasteiger partial charge in [0.2, 0.25) is 23.2 Å². The lowest BCUT2D eigenvalue weighted by Gasteiger charge is -2.35. The molecule has 3 rings (SSSR count). The summed E-state index contributed by atoms with van der Waals surface area (Å²) in [5, 5.41) is 11.8. The molecule has 0 radical (unpaired) electrons. The Morgan fingerprint density at radius 2 is 2.06 bits per heavy atom. The van der Waals surface area contributed by atoms with Crippen molar-refractivity contribution in [3.8, 4) is 5.75 Å². The van der Waals surface area contributed by atoms with E-state index in [1.807, 2.05) is 0 Å². The second-order valence-electron chi connectivity index (χ2n) is 6.90. The number of pyridine rings is 1. The largest absolute Gasteiger partial charge is 0.478 e. The molecule has 1 aliphatic heterocycles. The quantitative estimate of drug-likeness (QED) is 0.355. The van der Waals surface area contributed by atoms with Gasteiger partial charge in [-0.1, -0.05) is 11.6 Å². The van der Waals surface area contributed by atoms with Gasteiger partial charge in [0.25, 0.3) is 0 Å². The first-order chi connectivity index (χ1) is 15.2. The summed E-state index contributed by atoms with van der Waals surface area (Å²) in [6.07, 6.45) is -0.151. The topological polar surface area (TPSA) is 130 Å². The molecular weight excluding hydrogens is 457 g/mol. The highest BCUT2D eigenvalue weighted by atomic mass is 35.5. The van der Waals surface area contributed by atoms with E-state index >= 15 is 0 Å². The Morgan fingerprint density at radius 1 is 1.34 bits per heavy atom. The number of rotatable bonds is 8. The van der Waals surface area contributed by atoms with Crippen LogP contribution in [-0.2, 0) is 4.74 Å². The number of carbonyl (C=O) groups is 1. The maximum absolute atomic E-state index is 15.0. The molecule has 0 saturated carbocycles. The summed E-state index contributed by atoms with van der Waals surface area (Å²) in [5.74, 6) is -2.96. The van der Waals surface area contributed by atoms with Crippen molar-refractivity contribution in [2.24, 2.45) is 16.1 Å². The van der Waals surface area contributed by atoms with Crippen LogP contribution in [0, 0.1) is 21.3 Å². The van der Waals surface area contributed by atoms with E-state index in [4.69, 9.17) is 26.8 Å². The molecule has 1 aromatic carbocycles. The van der Waals surface area contributed by atoms with Gasteiger partial charge in [-0.2, -0.15) is 4.39 Å². The number of alkyl halides is 2. The predicted octanol–water partition coefficient (Wildman–Crippen LogP) is 3.03. The molecule has 0 unspecified atom stereocenters. The summed E-state index contributed by atoms with van der Waals surface area (Å²) in [6, 6.07) is 4.87. The van der Waals surface area contributed by atoms with Crippen LogP contribution in [0.5, 0.6) is 5.75 Å². The van der Waals surface area contributed by atoms with Gasteiger partial charge in [0.1, 0.15) is 31.8 Å². The zero-order valence-corrected chi connectivity index (χ0v) is 17.0. The summed E-state index contributed by atoms with van der Waals surface area (Å²) in [7, 11) is 0. The molecule has 13 heteroatoms. The molecule has 9 nitrogen and oxygen atoms in total. The highest BCUT2D eigenvalue weighted by Crippen LogP contribution is 2.35. The molecule has 0 spiro atoms. The third kappa shape index (κ3) is 4.50. The van der Waals surface area contributed by atoms with E-state index in [2.05, 4.69) is 9.98 Å². The van der Waals surface area contributed by atoms with Crippen LogP contribution in [0.15, 0.2) is 35.5 Å². The Balaban J connectivity index is 1.87. The fourth-order valence-corrected chi connectivity index (χ4v) is 2.88. The first kappa shape index (κ1) is 23.4. The van der Waals surface area contributed by atoms with Crippen LogP contribution in [0.25, 0.3) is 0 Å². The number of hydrogen-bond acceptors (Lipinski definition) is 8. The lowest BCUT2D eigenvalue weighted by Crippen LogP contribution is -2.51. The SMILES string of the molecule is N[C@@H]1N=C(c2ccc(OCC(=O)c3ccc(Cl)cn3)c([N+](=O)[O-])c2F)OCC1(CF)CF. The number of hydrogen-bond donors (Lipinski definition) is 1. The van der Waals surface area contributed by atoms with Crippen LogP contribution in [0.3, 0.4) is 0 Å². The Bertz CT molecular complexity index is 1060. The van der Waals surface area contributed by atoms with Gasteiger partial charge in [0.05, 0.1) is 20.9 Å². The number of Topliss-reactive ketones (excluding diaryl/α,β-unsaturated/α-hetero) is 1. The molecule has 1 aliphatic rings. The first-order valence-electron chi connectivity index (χ1n) is 9.05. The smallest absolute Gasteiger partial charge is 0.347 e. The summed E-state index contributed by atoms with van der Waals surface area (Å²) in [5.41, 5.74) is 2.46. The van der Waals surface area contributed by atoms with Crippen LogP contribution >= 0.6 is 11.6 Å². The molecule has 0 saturated heterocycles. The van der Waals surface area contributed by atoms with Crippen molar-refractivity contribution in [3.63, 3.8) is 0 Å². The molecule has 32 heavy (non-hydrogen) atoms. The van der Waals surface area contributed by atoms with Crippen molar-refractivity contribution >= 4 is 29.0 Å². The van der Waals surface area contributed by atoms with Crippen LogP contribution in [0.1, 0.15) is 16.1 Å². The van der Waals surface area contributed by atoms with Gasteiger partial charge in [0, 0.05) is 6.20 Å². The molecule has 0 fully saturated rings. The molecular formula is C19H16ClF3N4O5. The fraction of sp³-hybridized carbons (Fsp3) is 0.316. The number of ketones is 1. The van der Waals surface area contributed by atoms with Crippen molar-refractivity contribution in [2.75, 3.05) is 26.6 Å². The second kappa shape index (κ2) is 9.49. The number of nitro groups is 1. The van der Waals surface area contributed by atoms with Crippen LogP contribution in [-0.4, -0.2) is 54.3 Å². The second-order valence-corrected chi connectivity index (χ2v) is 7.34. The van der Waals surface area contributed by atoms with Crippen molar-refractivity contribution in [2.45, 2.75) is 6.17 Å². The van der Waals surface area contributed by atoms with Crippen molar-refractivity contribution in [1.82, 2.24) is 4.98 Å². The van der Waals surface area contributed by atoms with Gasteiger partial charge in [-0.05, 0) is 24.3 Å². The minimum atomic E-state index is -1.72. The normalized spacial score (nSPS) is 17.3. The van der Waals surface area contributed by atoms with Crippen molar-refractivity contribution in [3.05, 3.63) is 62.7 Å². The minimum Gasteiger partial charge on any atom is -0.478 e. The van der Waals surface area contributed by atoms with E-state index < -0.39 is 77.6 Å². The number of halogens is 4. The van der Waals surface area contributed by atoms with Gasteiger partial charge in [-0.15, -0.1) is 0 Å². The Morgan fingerprint density at radius 3 is 2.62 bits per heavy atom. The standard InChI is InChI=1S/C19H16ClF3N4O5/c20-10-1-3-12(25-5-10)13(28)6-31-14-4-2-11(15(23)16(14)27(29)30)17-26-18(24)19(7-21,8-22)9-32-17/h1-5,18H,6-9,24H2/t18-/m1/s1. The summed E-state index contributed by atoms with van der Waals surface area (Å²) in [6.45, 7) is -3.51. The molecule has 1 atom stereocenters. The molecule has 2 aromatic rings. The van der Waals surface area contributed by atoms with E-state index in [0.29, 0.717) is 5.02 Å². The Labute approximate surface area is 184 Å². The molecule has 2 heterocycles. The molecule has 0 bridgehead atoms. The van der Waals surface area contributed by atoms with Crippen LogP contribution < -0.4 is 10.5 Å². The highest BCUT2D eigenvalue weighted by molar-refractivity contribution is 6.30. The van der Waals surface area contributed by atoms with Crippen LogP contribution in [0.2, 0.25) is 5.02 Å². The number of benzene rings is 1. The lowest BCUT2D eigenvalue weighted by molar-refractivity contribution is -0.388. The molecule has 2 N–H and O–H groups in total. The van der Waals surface area contributed by atoms with Gasteiger partial charge < -0.3 is 15.2 Å². The number of nitrogens with zero attached hydrogens (tertiary/aromatic N) is 3. The van der Waals surface area contributed by atoms with E-state index in [1.165, 1.54) is 18.3 Å². The first-order valence-corrected chi connectivity index (χ1v) is 9.43.